The van der Waals surface area contributed by atoms with Gasteiger partial charge in [-0.15, -0.1) is 0 Å². The molecule has 0 radical (unpaired) electrons. The first-order chi connectivity index (χ1) is 12.6. The van der Waals surface area contributed by atoms with Crippen LogP contribution < -0.4 is 15.0 Å². The van der Waals surface area contributed by atoms with E-state index in [0.717, 1.165) is 24.3 Å². The molecule has 1 aliphatic heterocycles. The molecule has 1 saturated heterocycles. The third-order valence-corrected chi connectivity index (χ3v) is 5.45. The van der Waals surface area contributed by atoms with Crippen molar-refractivity contribution in [2.45, 2.75) is 57.5 Å². The Morgan fingerprint density at radius 1 is 1.23 bits per heavy atom. The van der Waals surface area contributed by atoms with E-state index >= 15 is 0 Å². The van der Waals surface area contributed by atoms with E-state index in [9.17, 15) is 9.59 Å². The van der Waals surface area contributed by atoms with Gasteiger partial charge < -0.3 is 19.9 Å². The highest BCUT2D eigenvalue weighted by Gasteiger charge is 2.33. The number of urea groups is 1. The molecule has 0 unspecified atom stereocenters. The van der Waals surface area contributed by atoms with E-state index in [0.29, 0.717) is 25.6 Å². The van der Waals surface area contributed by atoms with Gasteiger partial charge in [0.1, 0.15) is 5.75 Å². The molecule has 1 N–H and O–H groups in total. The number of benzene rings is 1. The monoisotopic (exact) mass is 359 g/mol. The van der Waals surface area contributed by atoms with Gasteiger partial charge in [-0.1, -0.05) is 19.3 Å². The second-order valence-electron chi connectivity index (χ2n) is 7.13. The minimum Gasteiger partial charge on any atom is -0.497 e. The Balaban J connectivity index is 1.59. The Kier molecular flexibility index (Phi) is 6.01. The molecule has 2 fully saturated rings. The zero-order valence-electron chi connectivity index (χ0n) is 15.7. The van der Waals surface area contributed by atoms with Crippen LogP contribution in [0.3, 0.4) is 0 Å². The molecule has 1 aliphatic carbocycles. The predicted molar refractivity (Wildman–Crippen MR) is 102 cm³/mol. The summed E-state index contributed by atoms with van der Waals surface area (Å²) in [6.45, 7) is 3.25. The topological polar surface area (TPSA) is 61.9 Å². The van der Waals surface area contributed by atoms with Crippen LogP contribution >= 0.6 is 0 Å². The molecule has 2 aliphatic rings. The normalized spacial score (nSPS) is 20.9. The van der Waals surface area contributed by atoms with Crippen LogP contribution in [0.2, 0.25) is 0 Å². The molecule has 1 atom stereocenters. The number of anilines is 1. The van der Waals surface area contributed by atoms with Crippen molar-refractivity contribution in [3.05, 3.63) is 24.3 Å². The van der Waals surface area contributed by atoms with Crippen LogP contribution in [0.1, 0.15) is 45.4 Å². The molecule has 3 amide bonds. The maximum Gasteiger partial charge on any atom is 0.317 e. The third-order valence-electron chi connectivity index (χ3n) is 5.45. The average Bonchev–Trinajstić information content (AvgIpc) is 3.03. The van der Waals surface area contributed by atoms with Crippen molar-refractivity contribution >= 4 is 17.6 Å². The molecule has 6 nitrogen and oxygen atoms in total. The van der Waals surface area contributed by atoms with Crippen molar-refractivity contribution in [2.75, 3.05) is 25.1 Å². The Labute approximate surface area is 155 Å². The maximum absolute atomic E-state index is 12.7. The van der Waals surface area contributed by atoms with Crippen LogP contribution in [0.25, 0.3) is 0 Å². The summed E-state index contributed by atoms with van der Waals surface area (Å²) >= 11 is 0. The van der Waals surface area contributed by atoms with E-state index in [1.165, 1.54) is 19.3 Å². The number of amides is 3. The molecule has 26 heavy (non-hydrogen) atoms. The first kappa shape index (κ1) is 18.5. The number of ether oxygens (including phenoxy) is 1. The molecule has 1 aromatic carbocycles. The van der Waals surface area contributed by atoms with Gasteiger partial charge in [-0.25, -0.2) is 4.79 Å². The summed E-state index contributed by atoms with van der Waals surface area (Å²) < 4.78 is 5.16. The van der Waals surface area contributed by atoms with Crippen molar-refractivity contribution in [3.63, 3.8) is 0 Å². The van der Waals surface area contributed by atoms with E-state index in [1.54, 1.807) is 12.0 Å². The third kappa shape index (κ3) is 4.11. The fourth-order valence-electron chi connectivity index (χ4n) is 4.03. The van der Waals surface area contributed by atoms with Crippen molar-refractivity contribution in [1.82, 2.24) is 10.2 Å². The van der Waals surface area contributed by atoms with E-state index in [2.05, 4.69) is 5.32 Å². The molecule has 0 bridgehead atoms. The molecule has 6 heteroatoms. The highest BCUT2D eigenvalue weighted by Crippen LogP contribution is 2.25. The van der Waals surface area contributed by atoms with Gasteiger partial charge >= 0.3 is 6.03 Å². The van der Waals surface area contributed by atoms with Gasteiger partial charge in [0.15, 0.2) is 0 Å². The van der Waals surface area contributed by atoms with Gasteiger partial charge in [-0.05, 0) is 44.0 Å². The number of carbonyl (C=O) groups excluding carboxylic acids is 2. The molecule has 1 saturated carbocycles. The minimum absolute atomic E-state index is 0.0335. The van der Waals surface area contributed by atoms with Gasteiger partial charge in [0, 0.05) is 31.2 Å². The number of hydrogen-bond acceptors (Lipinski definition) is 3. The fraction of sp³-hybridized carbons (Fsp3) is 0.600. The highest BCUT2D eigenvalue weighted by molar-refractivity contribution is 5.96. The van der Waals surface area contributed by atoms with Gasteiger partial charge in [-0.3, -0.25) is 4.79 Å². The molecule has 0 spiro atoms. The Bertz CT molecular complexity index is 626. The van der Waals surface area contributed by atoms with E-state index in [-0.39, 0.29) is 18.0 Å². The van der Waals surface area contributed by atoms with E-state index < -0.39 is 0 Å². The summed E-state index contributed by atoms with van der Waals surface area (Å²) in [6.07, 6.45) is 6.18. The molecule has 1 aromatic rings. The van der Waals surface area contributed by atoms with Crippen LogP contribution in [0.15, 0.2) is 24.3 Å². The summed E-state index contributed by atoms with van der Waals surface area (Å²) in [4.78, 5) is 28.8. The number of hydrogen-bond donors (Lipinski definition) is 1. The predicted octanol–water partition coefficient (Wildman–Crippen LogP) is 3.16. The van der Waals surface area contributed by atoms with E-state index in [1.807, 2.05) is 36.1 Å². The van der Waals surface area contributed by atoms with Crippen molar-refractivity contribution in [3.8, 4) is 5.75 Å². The lowest BCUT2D eigenvalue weighted by Gasteiger charge is -2.34. The summed E-state index contributed by atoms with van der Waals surface area (Å²) in [5.74, 6) is 0.803. The zero-order valence-corrected chi connectivity index (χ0v) is 15.7. The van der Waals surface area contributed by atoms with Crippen LogP contribution in [0.5, 0.6) is 5.75 Å². The maximum atomic E-state index is 12.7. The number of carbonyl (C=O) groups is 2. The van der Waals surface area contributed by atoms with Gasteiger partial charge in [0.2, 0.25) is 5.91 Å². The lowest BCUT2D eigenvalue weighted by atomic mass is 9.94. The quantitative estimate of drug-likeness (QED) is 0.878. The Morgan fingerprint density at radius 2 is 1.92 bits per heavy atom. The zero-order chi connectivity index (χ0) is 18.5. The summed E-state index contributed by atoms with van der Waals surface area (Å²) in [7, 11) is 1.62. The molecular formula is C20H29N3O3. The Hall–Kier alpha value is -2.24. The smallest absolute Gasteiger partial charge is 0.317 e. The molecule has 3 rings (SSSR count). The lowest BCUT2D eigenvalue weighted by Crippen LogP contribution is -2.50. The average molecular weight is 359 g/mol. The van der Waals surface area contributed by atoms with Crippen LogP contribution in [0, 0.1) is 0 Å². The Morgan fingerprint density at radius 3 is 2.54 bits per heavy atom. The molecule has 1 heterocycles. The van der Waals surface area contributed by atoms with Crippen LogP contribution in [-0.2, 0) is 4.79 Å². The van der Waals surface area contributed by atoms with Crippen LogP contribution in [0.4, 0.5) is 10.5 Å². The number of nitrogens with zero attached hydrogens (tertiary/aromatic N) is 2. The van der Waals surface area contributed by atoms with Crippen molar-refractivity contribution in [1.29, 1.82) is 0 Å². The SMILES string of the molecule is CCN(C(=O)N[C@H]1CC(=O)N(c2ccc(OC)cc2)C1)C1CCCCC1. The lowest BCUT2D eigenvalue weighted by molar-refractivity contribution is -0.117. The number of nitrogens with one attached hydrogen (secondary N) is 1. The second kappa shape index (κ2) is 8.43. The largest absolute Gasteiger partial charge is 0.497 e. The standard InChI is InChI=1S/C20H29N3O3/c1-3-22(16-7-5-4-6-8-16)20(25)21-15-13-19(24)23(14-15)17-9-11-18(26-2)12-10-17/h9-12,15-16H,3-8,13-14H2,1-2H3,(H,21,25)/t15-/m0/s1. The van der Waals surface area contributed by atoms with Gasteiger partial charge in [-0.2, -0.15) is 0 Å². The summed E-state index contributed by atoms with van der Waals surface area (Å²) in [5.41, 5.74) is 0.840. The minimum atomic E-state index is -0.144. The molecule has 142 valence electrons. The number of methoxy groups -OCH3 is 1. The number of rotatable bonds is 5. The molecular weight excluding hydrogens is 330 g/mol. The van der Waals surface area contributed by atoms with Crippen molar-refractivity contribution in [2.24, 2.45) is 0 Å². The molecule has 0 aromatic heterocycles. The van der Waals surface area contributed by atoms with Gasteiger partial charge in [0.25, 0.3) is 0 Å². The first-order valence-corrected chi connectivity index (χ1v) is 9.64. The van der Waals surface area contributed by atoms with Gasteiger partial charge in [0.05, 0.1) is 13.2 Å². The van der Waals surface area contributed by atoms with Crippen LogP contribution in [-0.4, -0.2) is 49.1 Å². The first-order valence-electron chi connectivity index (χ1n) is 9.64. The van der Waals surface area contributed by atoms with E-state index in [4.69, 9.17) is 4.74 Å². The second-order valence-corrected chi connectivity index (χ2v) is 7.13. The summed E-state index contributed by atoms with van der Waals surface area (Å²) in [6, 6.07) is 7.60. The fourth-order valence-corrected chi connectivity index (χ4v) is 4.03. The van der Waals surface area contributed by atoms with Crippen molar-refractivity contribution < 1.29 is 14.3 Å². The summed E-state index contributed by atoms with van der Waals surface area (Å²) in [5, 5.41) is 3.08. The highest BCUT2D eigenvalue weighted by atomic mass is 16.5.